The summed E-state index contributed by atoms with van der Waals surface area (Å²) in [6.07, 6.45) is 0.681. The predicted octanol–water partition coefficient (Wildman–Crippen LogP) is 3.08. The van der Waals surface area contributed by atoms with E-state index >= 15 is 0 Å². The van der Waals surface area contributed by atoms with Gasteiger partial charge in [0.2, 0.25) is 5.95 Å². The number of hydrogen-bond donors (Lipinski definition) is 1. The van der Waals surface area contributed by atoms with Crippen LogP contribution in [0.4, 0.5) is 10.3 Å². The van der Waals surface area contributed by atoms with E-state index in [9.17, 15) is 4.39 Å². The van der Waals surface area contributed by atoms with Crippen molar-refractivity contribution in [3.63, 3.8) is 0 Å². The van der Waals surface area contributed by atoms with E-state index in [1.807, 2.05) is 13.8 Å². The third kappa shape index (κ3) is 3.16. The van der Waals surface area contributed by atoms with Gasteiger partial charge in [-0.15, -0.1) is 0 Å². The summed E-state index contributed by atoms with van der Waals surface area (Å²) in [7, 11) is 0. The van der Waals surface area contributed by atoms with Gasteiger partial charge in [0, 0.05) is 12.3 Å². The Morgan fingerprint density at radius 1 is 1.15 bits per heavy atom. The molecule has 8 heteroatoms. The van der Waals surface area contributed by atoms with Crippen LogP contribution in [0.15, 0.2) is 34.9 Å². The Bertz CT molecular complexity index is 949. The molecule has 0 aliphatic carbocycles. The second-order valence-corrected chi connectivity index (χ2v) is 7.01. The van der Waals surface area contributed by atoms with E-state index in [4.69, 9.17) is 15.0 Å². The topological polar surface area (TPSA) is 100.0 Å². The molecule has 27 heavy (non-hydrogen) atoms. The number of nitrogens with two attached hydrogens (primary N) is 1. The molecule has 3 aromatic rings. The van der Waals surface area contributed by atoms with Gasteiger partial charge in [0.1, 0.15) is 11.5 Å². The number of nitrogen functional groups attached to an aromatic ring is 1. The van der Waals surface area contributed by atoms with Crippen LogP contribution in [0, 0.1) is 5.82 Å². The summed E-state index contributed by atoms with van der Waals surface area (Å²) < 4.78 is 24.5. The van der Waals surface area contributed by atoms with Crippen molar-refractivity contribution in [2.45, 2.75) is 31.6 Å². The standard InChI is InChI=1S/C19H20FN5O2/c1-11(2)14-9-15(23-18(21)22-14)16-24-17(25-27-16)19(7-8-26-10-19)12-3-5-13(20)6-4-12/h3-6,9,11H,7-8,10H2,1-2H3,(H2,21,22,23). The van der Waals surface area contributed by atoms with Crippen molar-refractivity contribution in [3.05, 3.63) is 53.2 Å². The maximum absolute atomic E-state index is 13.4. The van der Waals surface area contributed by atoms with Crippen molar-refractivity contribution in [2.75, 3.05) is 18.9 Å². The normalized spacial score (nSPS) is 19.7. The Balaban J connectivity index is 1.76. The molecule has 4 rings (SSSR count). The van der Waals surface area contributed by atoms with Crippen molar-refractivity contribution in [1.29, 1.82) is 0 Å². The molecule has 2 aromatic heterocycles. The lowest BCUT2D eigenvalue weighted by Gasteiger charge is -2.23. The third-order valence-electron chi connectivity index (χ3n) is 4.85. The van der Waals surface area contributed by atoms with Crippen molar-refractivity contribution < 1.29 is 13.7 Å². The van der Waals surface area contributed by atoms with Gasteiger partial charge in [0.05, 0.1) is 12.0 Å². The van der Waals surface area contributed by atoms with Gasteiger partial charge in [-0.05, 0) is 36.1 Å². The number of rotatable bonds is 4. The summed E-state index contributed by atoms with van der Waals surface area (Å²) in [5.41, 5.74) is 7.43. The van der Waals surface area contributed by atoms with E-state index in [0.29, 0.717) is 31.2 Å². The van der Waals surface area contributed by atoms with Crippen LogP contribution in [-0.2, 0) is 10.2 Å². The molecule has 0 amide bonds. The molecule has 1 fully saturated rings. The van der Waals surface area contributed by atoms with Crippen LogP contribution in [0.2, 0.25) is 0 Å². The van der Waals surface area contributed by atoms with Gasteiger partial charge in [-0.25, -0.2) is 14.4 Å². The highest BCUT2D eigenvalue weighted by molar-refractivity contribution is 5.50. The minimum Gasteiger partial charge on any atom is -0.380 e. The van der Waals surface area contributed by atoms with Crippen LogP contribution in [-0.4, -0.2) is 33.3 Å². The first-order chi connectivity index (χ1) is 13.0. The largest absolute Gasteiger partial charge is 0.380 e. The molecule has 1 aliphatic heterocycles. The lowest BCUT2D eigenvalue weighted by atomic mass is 9.79. The molecule has 1 unspecified atom stereocenters. The van der Waals surface area contributed by atoms with E-state index in [0.717, 1.165) is 11.3 Å². The number of anilines is 1. The second kappa shape index (κ2) is 6.70. The monoisotopic (exact) mass is 369 g/mol. The van der Waals surface area contributed by atoms with Crippen molar-refractivity contribution in [1.82, 2.24) is 20.1 Å². The van der Waals surface area contributed by atoms with Gasteiger partial charge in [0.15, 0.2) is 5.82 Å². The van der Waals surface area contributed by atoms with Gasteiger partial charge in [-0.2, -0.15) is 4.98 Å². The van der Waals surface area contributed by atoms with E-state index in [1.165, 1.54) is 12.1 Å². The Labute approximate surface area is 155 Å². The van der Waals surface area contributed by atoms with E-state index in [-0.39, 0.29) is 23.6 Å². The fourth-order valence-electron chi connectivity index (χ4n) is 3.28. The minimum atomic E-state index is -0.575. The Morgan fingerprint density at radius 3 is 2.59 bits per heavy atom. The second-order valence-electron chi connectivity index (χ2n) is 7.01. The molecule has 2 N–H and O–H groups in total. The van der Waals surface area contributed by atoms with E-state index < -0.39 is 5.41 Å². The zero-order chi connectivity index (χ0) is 19.0. The summed E-state index contributed by atoms with van der Waals surface area (Å²) in [6, 6.07) is 8.13. The van der Waals surface area contributed by atoms with E-state index in [2.05, 4.69) is 20.1 Å². The molecule has 1 aliphatic rings. The first-order valence-electron chi connectivity index (χ1n) is 8.81. The van der Waals surface area contributed by atoms with Crippen molar-refractivity contribution >= 4 is 5.95 Å². The zero-order valence-electron chi connectivity index (χ0n) is 15.1. The fraction of sp³-hybridized carbons (Fsp3) is 0.368. The van der Waals surface area contributed by atoms with Crippen molar-refractivity contribution in [3.8, 4) is 11.6 Å². The molecule has 7 nitrogen and oxygen atoms in total. The quantitative estimate of drug-likeness (QED) is 0.754. The molecule has 0 bridgehead atoms. The van der Waals surface area contributed by atoms with Crippen LogP contribution < -0.4 is 5.73 Å². The summed E-state index contributed by atoms with van der Waals surface area (Å²) in [6.45, 7) is 5.01. The number of halogens is 1. The van der Waals surface area contributed by atoms with Crippen LogP contribution in [0.3, 0.4) is 0 Å². The van der Waals surface area contributed by atoms with Crippen molar-refractivity contribution in [2.24, 2.45) is 0 Å². The zero-order valence-corrected chi connectivity index (χ0v) is 15.1. The van der Waals surface area contributed by atoms with Gasteiger partial charge in [-0.3, -0.25) is 0 Å². The first-order valence-corrected chi connectivity index (χ1v) is 8.81. The van der Waals surface area contributed by atoms with E-state index in [1.54, 1.807) is 18.2 Å². The van der Waals surface area contributed by atoms with Crippen LogP contribution in [0.25, 0.3) is 11.6 Å². The maximum Gasteiger partial charge on any atom is 0.276 e. The highest BCUT2D eigenvalue weighted by Crippen LogP contribution is 2.39. The predicted molar refractivity (Wildman–Crippen MR) is 96.4 cm³/mol. The van der Waals surface area contributed by atoms with Crippen LogP contribution in [0.5, 0.6) is 0 Å². The van der Waals surface area contributed by atoms with Crippen LogP contribution >= 0.6 is 0 Å². The number of benzene rings is 1. The molecule has 3 heterocycles. The average molecular weight is 369 g/mol. The Kier molecular flexibility index (Phi) is 4.35. The Hall–Kier alpha value is -2.87. The molecular weight excluding hydrogens is 349 g/mol. The molecule has 140 valence electrons. The smallest absolute Gasteiger partial charge is 0.276 e. The maximum atomic E-state index is 13.4. The number of ether oxygens (including phenoxy) is 1. The van der Waals surface area contributed by atoms with Gasteiger partial charge >= 0.3 is 0 Å². The SMILES string of the molecule is CC(C)c1cc(-c2nc(C3(c4ccc(F)cc4)CCOC3)no2)nc(N)n1. The number of hydrogen-bond acceptors (Lipinski definition) is 7. The average Bonchev–Trinajstić information content (AvgIpc) is 3.32. The van der Waals surface area contributed by atoms with Gasteiger partial charge < -0.3 is 15.0 Å². The highest BCUT2D eigenvalue weighted by Gasteiger charge is 2.43. The Morgan fingerprint density at radius 2 is 1.93 bits per heavy atom. The molecular formula is C19H20FN5O2. The molecule has 1 saturated heterocycles. The molecule has 1 atom stereocenters. The fourth-order valence-corrected chi connectivity index (χ4v) is 3.28. The lowest BCUT2D eigenvalue weighted by Crippen LogP contribution is -2.29. The number of nitrogens with zero attached hydrogens (tertiary/aromatic N) is 4. The molecule has 0 saturated carbocycles. The lowest BCUT2D eigenvalue weighted by molar-refractivity contribution is 0.182. The summed E-state index contributed by atoms with van der Waals surface area (Å²) in [4.78, 5) is 13.0. The van der Waals surface area contributed by atoms with Crippen LogP contribution in [0.1, 0.15) is 43.3 Å². The first kappa shape index (κ1) is 17.5. The number of aromatic nitrogens is 4. The molecule has 0 spiro atoms. The van der Waals surface area contributed by atoms with Gasteiger partial charge in [-0.1, -0.05) is 31.1 Å². The molecule has 1 aromatic carbocycles. The molecule has 0 radical (unpaired) electrons. The highest BCUT2D eigenvalue weighted by atomic mass is 19.1. The minimum absolute atomic E-state index is 0.161. The van der Waals surface area contributed by atoms with Gasteiger partial charge in [0.25, 0.3) is 5.89 Å². The third-order valence-corrected chi connectivity index (χ3v) is 4.85. The summed E-state index contributed by atoms with van der Waals surface area (Å²) in [5.74, 6) is 0.817. The summed E-state index contributed by atoms with van der Waals surface area (Å²) in [5, 5.41) is 4.19. The summed E-state index contributed by atoms with van der Waals surface area (Å²) >= 11 is 0.